The highest BCUT2D eigenvalue weighted by Crippen LogP contribution is 2.36. The SMILES string of the molecule is COc1ccc(CC(=O)N2C[C@H]3C[C@H](C2)c2ccc([N+](=O)[O-])c(=O)n2C3)cc1OC. The van der Waals surface area contributed by atoms with Crippen molar-refractivity contribution in [1.29, 1.82) is 0 Å². The Morgan fingerprint density at radius 3 is 2.60 bits per heavy atom. The normalized spacial score (nSPS) is 19.7. The number of ether oxygens (including phenoxy) is 2. The Bertz CT molecular complexity index is 1060. The molecule has 2 aliphatic rings. The minimum absolute atomic E-state index is 0.000331. The van der Waals surface area contributed by atoms with Crippen LogP contribution >= 0.6 is 0 Å². The number of carbonyl (C=O) groups is 1. The van der Waals surface area contributed by atoms with Crippen molar-refractivity contribution in [3.63, 3.8) is 0 Å². The number of aromatic nitrogens is 1. The van der Waals surface area contributed by atoms with Crippen molar-refractivity contribution < 1.29 is 19.2 Å². The lowest BCUT2D eigenvalue weighted by Gasteiger charge is -2.42. The van der Waals surface area contributed by atoms with Crippen LogP contribution in [0.4, 0.5) is 5.69 Å². The highest BCUT2D eigenvalue weighted by Gasteiger charge is 2.37. The Morgan fingerprint density at radius 1 is 1.13 bits per heavy atom. The number of benzene rings is 1. The first-order valence-corrected chi connectivity index (χ1v) is 9.78. The number of amides is 1. The third-order valence-corrected chi connectivity index (χ3v) is 5.94. The van der Waals surface area contributed by atoms with Crippen LogP contribution in [0.1, 0.15) is 23.6 Å². The smallest absolute Gasteiger partial charge is 0.334 e. The van der Waals surface area contributed by atoms with Gasteiger partial charge in [-0.3, -0.25) is 19.7 Å². The number of methoxy groups -OCH3 is 2. The van der Waals surface area contributed by atoms with E-state index in [2.05, 4.69) is 0 Å². The van der Waals surface area contributed by atoms with E-state index in [9.17, 15) is 19.7 Å². The second-order valence-corrected chi connectivity index (χ2v) is 7.78. The van der Waals surface area contributed by atoms with Gasteiger partial charge in [0.15, 0.2) is 11.5 Å². The maximum Gasteiger partial charge on any atom is 0.334 e. The number of fused-ring (bicyclic) bond motifs is 4. The Morgan fingerprint density at radius 2 is 1.90 bits per heavy atom. The summed E-state index contributed by atoms with van der Waals surface area (Å²) in [4.78, 5) is 37.7. The minimum Gasteiger partial charge on any atom is -0.493 e. The van der Waals surface area contributed by atoms with Crippen LogP contribution in [-0.2, 0) is 17.8 Å². The minimum atomic E-state index is -0.640. The molecule has 2 atom stereocenters. The van der Waals surface area contributed by atoms with Gasteiger partial charge in [0.1, 0.15) is 0 Å². The molecule has 1 amide bonds. The third-order valence-electron chi connectivity index (χ3n) is 5.94. The summed E-state index contributed by atoms with van der Waals surface area (Å²) in [5.41, 5.74) is 0.642. The molecule has 0 aliphatic carbocycles. The van der Waals surface area contributed by atoms with Crippen molar-refractivity contribution >= 4 is 11.6 Å². The van der Waals surface area contributed by atoms with Crippen LogP contribution in [0.25, 0.3) is 0 Å². The number of hydrogen-bond donors (Lipinski definition) is 0. The van der Waals surface area contributed by atoms with Gasteiger partial charge in [-0.1, -0.05) is 6.07 Å². The summed E-state index contributed by atoms with van der Waals surface area (Å²) in [7, 11) is 3.12. The number of pyridine rings is 1. The molecule has 4 rings (SSSR count). The molecule has 0 radical (unpaired) electrons. The molecule has 158 valence electrons. The van der Waals surface area contributed by atoms with Crippen molar-refractivity contribution in [3.05, 3.63) is 62.1 Å². The molecule has 1 aromatic carbocycles. The van der Waals surface area contributed by atoms with Crippen LogP contribution in [-0.4, -0.2) is 47.6 Å². The largest absolute Gasteiger partial charge is 0.493 e. The fraction of sp³-hybridized carbons (Fsp3) is 0.429. The van der Waals surface area contributed by atoms with E-state index in [1.165, 1.54) is 10.6 Å². The molecule has 2 aromatic rings. The van der Waals surface area contributed by atoms with Gasteiger partial charge in [0, 0.05) is 37.3 Å². The molecule has 1 fully saturated rings. The molecule has 1 saturated heterocycles. The summed E-state index contributed by atoms with van der Waals surface area (Å²) in [5.74, 6) is 1.30. The lowest BCUT2D eigenvalue weighted by atomic mass is 9.83. The standard InChI is InChI=1S/C21H23N3O6/c1-29-18-6-3-13(8-19(18)30-2)9-20(25)22-10-14-7-15(12-22)16-4-5-17(24(27)28)21(26)23(16)11-14/h3-6,8,14-15H,7,9-12H2,1-2H3/t14-,15-/m1/s1. The summed E-state index contributed by atoms with van der Waals surface area (Å²) in [6, 6.07) is 8.36. The van der Waals surface area contributed by atoms with Gasteiger partial charge in [0.2, 0.25) is 5.91 Å². The van der Waals surface area contributed by atoms with Crippen molar-refractivity contribution in [3.8, 4) is 11.5 Å². The first-order chi connectivity index (χ1) is 14.4. The molecule has 0 spiro atoms. The van der Waals surface area contributed by atoms with Crippen LogP contribution < -0.4 is 15.0 Å². The van der Waals surface area contributed by atoms with Gasteiger partial charge in [-0.05, 0) is 36.1 Å². The topological polar surface area (TPSA) is 104 Å². The summed E-state index contributed by atoms with van der Waals surface area (Å²) >= 11 is 0. The Labute approximate surface area is 173 Å². The van der Waals surface area contributed by atoms with Gasteiger partial charge < -0.3 is 18.9 Å². The summed E-state index contributed by atoms with van der Waals surface area (Å²) in [6.45, 7) is 1.43. The third kappa shape index (κ3) is 3.51. The van der Waals surface area contributed by atoms with Gasteiger partial charge in [0.05, 0.1) is 25.6 Å². The molecule has 0 unspecified atom stereocenters. The quantitative estimate of drug-likeness (QED) is 0.548. The second-order valence-electron chi connectivity index (χ2n) is 7.78. The average molecular weight is 413 g/mol. The van der Waals surface area contributed by atoms with Crippen molar-refractivity contribution in [2.45, 2.75) is 25.3 Å². The van der Waals surface area contributed by atoms with Gasteiger partial charge in [-0.25, -0.2) is 0 Å². The molecule has 0 saturated carbocycles. The Kier molecular flexibility index (Phi) is 5.19. The van der Waals surface area contributed by atoms with E-state index in [1.54, 1.807) is 32.4 Å². The molecule has 30 heavy (non-hydrogen) atoms. The zero-order valence-electron chi connectivity index (χ0n) is 16.9. The molecule has 9 nitrogen and oxygen atoms in total. The highest BCUT2D eigenvalue weighted by atomic mass is 16.6. The van der Waals surface area contributed by atoms with Gasteiger partial charge in [0.25, 0.3) is 0 Å². The predicted molar refractivity (Wildman–Crippen MR) is 108 cm³/mol. The molecular formula is C21H23N3O6. The number of hydrogen-bond acceptors (Lipinski definition) is 6. The number of piperidine rings is 1. The molecular weight excluding hydrogens is 390 g/mol. The zero-order valence-corrected chi connectivity index (χ0v) is 16.9. The lowest BCUT2D eigenvalue weighted by molar-refractivity contribution is -0.386. The second kappa shape index (κ2) is 7.81. The van der Waals surface area contributed by atoms with Crippen molar-refractivity contribution in [1.82, 2.24) is 9.47 Å². The van der Waals surface area contributed by atoms with Crippen LogP contribution in [0.15, 0.2) is 35.1 Å². The first kappa shape index (κ1) is 19.9. The summed E-state index contributed by atoms with van der Waals surface area (Å²) < 4.78 is 12.1. The van der Waals surface area contributed by atoms with E-state index in [0.717, 1.165) is 17.7 Å². The zero-order chi connectivity index (χ0) is 21.4. The Hall–Kier alpha value is -3.36. The molecule has 2 aliphatic heterocycles. The van der Waals surface area contributed by atoms with Gasteiger partial charge >= 0.3 is 11.2 Å². The predicted octanol–water partition coefficient (Wildman–Crippen LogP) is 1.96. The number of rotatable bonds is 5. The van der Waals surface area contributed by atoms with E-state index in [0.29, 0.717) is 31.1 Å². The summed E-state index contributed by atoms with van der Waals surface area (Å²) in [5, 5.41) is 11.1. The molecule has 3 heterocycles. The maximum atomic E-state index is 13.0. The number of likely N-dealkylation sites (tertiary alicyclic amines) is 1. The van der Waals surface area contributed by atoms with Crippen LogP contribution in [0.3, 0.4) is 0 Å². The van der Waals surface area contributed by atoms with Gasteiger partial charge in [-0.15, -0.1) is 0 Å². The van der Waals surface area contributed by atoms with Crippen molar-refractivity contribution in [2.24, 2.45) is 5.92 Å². The lowest BCUT2D eigenvalue weighted by Crippen LogP contribution is -2.49. The monoisotopic (exact) mass is 413 g/mol. The van der Waals surface area contributed by atoms with Crippen LogP contribution in [0.2, 0.25) is 0 Å². The highest BCUT2D eigenvalue weighted by molar-refractivity contribution is 5.79. The van der Waals surface area contributed by atoms with E-state index >= 15 is 0 Å². The molecule has 1 aromatic heterocycles. The number of nitrogens with zero attached hydrogens (tertiary/aromatic N) is 3. The van der Waals surface area contributed by atoms with Gasteiger partial charge in [-0.2, -0.15) is 0 Å². The van der Waals surface area contributed by atoms with E-state index in [-0.39, 0.29) is 24.2 Å². The van der Waals surface area contributed by atoms with E-state index in [4.69, 9.17) is 9.47 Å². The summed E-state index contributed by atoms with van der Waals surface area (Å²) in [6.07, 6.45) is 1.12. The average Bonchev–Trinajstić information content (AvgIpc) is 2.74. The number of carbonyl (C=O) groups excluding carboxylic acids is 1. The maximum absolute atomic E-state index is 13.0. The Balaban J connectivity index is 1.53. The molecule has 2 bridgehead atoms. The van der Waals surface area contributed by atoms with Crippen molar-refractivity contribution in [2.75, 3.05) is 27.3 Å². The van der Waals surface area contributed by atoms with E-state index < -0.39 is 16.2 Å². The van der Waals surface area contributed by atoms with Crippen LogP contribution in [0.5, 0.6) is 11.5 Å². The molecule has 9 heteroatoms. The van der Waals surface area contributed by atoms with Crippen LogP contribution in [0, 0.1) is 16.0 Å². The first-order valence-electron chi connectivity index (χ1n) is 9.78. The van der Waals surface area contributed by atoms with E-state index in [1.807, 2.05) is 11.0 Å². The fourth-order valence-corrected chi connectivity index (χ4v) is 4.55. The number of nitro groups is 1. The molecule has 0 N–H and O–H groups in total. The fourth-order valence-electron chi connectivity index (χ4n) is 4.55.